The van der Waals surface area contributed by atoms with Gasteiger partial charge in [0.2, 0.25) is 5.69 Å². The number of rotatable bonds is 4. The van der Waals surface area contributed by atoms with E-state index in [4.69, 9.17) is 0 Å². The van der Waals surface area contributed by atoms with Crippen molar-refractivity contribution in [2.45, 2.75) is 0 Å². The predicted molar refractivity (Wildman–Crippen MR) is 121 cm³/mol. The van der Waals surface area contributed by atoms with Crippen molar-refractivity contribution >= 4 is 0 Å². The van der Waals surface area contributed by atoms with E-state index < -0.39 is 0 Å². The Kier molecular flexibility index (Phi) is 5.03. The molecular weight excluding hydrogens is 380 g/mol. The maximum absolute atomic E-state index is 4.68. The third kappa shape index (κ3) is 4.09. The minimum atomic E-state index is 0.950. The first kappa shape index (κ1) is 18.8. The predicted octanol–water partition coefficient (Wildman–Crippen LogP) is 4.58. The summed E-state index contributed by atoms with van der Waals surface area (Å²) in [5, 5.41) is 0. The monoisotopic (exact) mass is 402 g/mol. The molecule has 4 aromatic heterocycles. The quantitative estimate of drug-likeness (QED) is 0.412. The van der Waals surface area contributed by atoms with Gasteiger partial charge in [0, 0.05) is 71.0 Å². The van der Waals surface area contributed by atoms with Crippen LogP contribution in [0.2, 0.25) is 0 Å². The zero-order valence-corrected chi connectivity index (χ0v) is 17.3. The highest BCUT2D eigenvalue weighted by Crippen LogP contribution is 2.24. The standard InChI is InChI=1S/C27H22N4/c1-30-15-11-21(12-16-30)26-9-7-23(19-28-26)24-8-10-27(29-20-24)22-13-17-31(18-14-22)25-5-3-2-4-6-25/h2-20H,1H3/q+2. The van der Waals surface area contributed by atoms with Crippen molar-refractivity contribution in [3.05, 3.63) is 116 Å². The molecular formula is C27H22N4+2. The summed E-state index contributed by atoms with van der Waals surface area (Å²) in [7, 11) is 2.01. The molecule has 0 bridgehead atoms. The Labute approximate surface area is 181 Å². The Bertz CT molecular complexity index is 1280. The van der Waals surface area contributed by atoms with Crippen LogP contribution in [0.5, 0.6) is 0 Å². The molecule has 0 N–H and O–H groups in total. The SMILES string of the molecule is C[n+]1ccc(-c2ccc(-c3ccc(-c4cc[n+](-c5ccccc5)cc4)nc3)cn2)cc1. The molecule has 5 rings (SSSR count). The molecule has 5 aromatic rings. The largest absolute Gasteiger partial charge is 0.256 e. The van der Waals surface area contributed by atoms with Gasteiger partial charge in [-0.1, -0.05) is 30.3 Å². The lowest BCUT2D eigenvalue weighted by atomic mass is 10.1. The van der Waals surface area contributed by atoms with Crippen LogP contribution in [-0.4, -0.2) is 9.97 Å². The summed E-state index contributed by atoms with van der Waals surface area (Å²) in [6, 6.07) is 26.9. The maximum atomic E-state index is 4.68. The fourth-order valence-electron chi connectivity index (χ4n) is 3.51. The first-order chi connectivity index (χ1) is 15.3. The molecule has 0 aliphatic heterocycles. The van der Waals surface area contributed by atoms with E-state index in [9.17, 15) is 0 Å². The second-order valence-corrected chi connectivity index (χ2v) is 7.45. The Morgan fingerprint density at radius 2 is 1.03 bits per heavy atom. The number of pyridine rings is 4. The molecule has 0 aliphatic carbocycles. The lowest BCUT2D eigenvalue weighted by molar-refractivity contribution is -0.671. The number of benzene rings is 1. The van der Waals surface area contributed by atoms with Gasteiger partial charge >= 0.3 is 0 Å². The first-order valence-corrected chi connectivity index (χ1v) is 10.2. The lowest BCUT2D eigenvalue weighted by Gasteiger charge is -2.05. The van der Waals surface area contributed by atoms with Crippen molar-refractivity contribution in [3.8, 4) is 39.3 Å². The second kappa shape index (κ2) is 8.28. The molecule has 0 aliphatic rings. The fourth-order valence-corrected chi connectivity index (χ4v) is 3.51. The van der Waals surface area contributed by atoms with Crippen molar-refractivity contribution in [2.75, 3.05) is 0 Å². The van der Waals surface area contributed by atoms with Gasteiger partial charge in [-0.05, 0) is 12.1 Å². The van der Waals surface area contributed by atoms with Gasteiger partial charge in [-0.2, -0.15) is 4.57 Å². The molecule has 0 saturated heterocycles. The van der Waals surface area contributed by atoms with Crippen LogP contribution < -0.4 is 9.13 Å². The summed E-state index contributed by atoms with van der Waals surface area (Å²) < 4.78 is 4.11. The zero-order chi connectivity index (χ0) is 21.0. The van der Waals surface area contributed by atoms with Crippen molar-refractivity contribution in [1.82, 2.24) is 9.97 Å². The summed E-state index contributed by atoms with van der Waals surface area (Å²) in [5.74, 6) is 0. The maximum Gasteiger partial charge on any atom is 0.210 e. The third-order valence-electron chi connectivity index (χ3n) is 5.31. The van der Waals surface area contributed by atoms with E-state index in [-0.39, 0.29) is 0 Å². The summed E-state index contributed by atoms with van der Waals surface area (Å²) in [5.41, 5.74) is 7.35. The van der Waals surface area contributed by atoms with Crippen molar-refractivity contribution in [2.24, 2.45) is 7.05 Å². The Hall–Kier alpha value is -4.18. The summed E-state index contributed by atoms with van der Waals surface area (Å²) in [6.07, 6.45) is 12.0. The Balaban J connectivity index is 1.34. The van der Waals surface area contributed by atoms with Crippen molar-refractivity contribution in [3.63, 3.8) is 0 Å². The Morgan fingerprint density at radius 1 is 0.516 bits per heavy atom. The van der Waals surface area contributed by atoms with Crippen LogP contribution in [0, 0.1) is 0 Å². The van der Waals surface area contributed by atoms with Crippen molar-refractivity contribution < 1.29 is 9.13 Å². The van der Waals surface area contributed by atoms with E-state index in [1.54, 1.807) is 0 Å². The third-order valence-corrected chi connectivity index (χ3v) is 5.31. The highest BCUT2D eigenvalue weighted by atomic mass is 14.9. The van der Waals surface area contributed by atoms with Gasteiger partial charge in [0.05, 0.1) is 11.4 Å². The fraction of sp³-hybridized carbons (Fsp3) is 0.0370. The molecule has 4 heteroatoms. The average Bonchev–Trinajstić information content (AvgIpc) is 2.85. The molecule has 4 nitrogen and oxygen atoms in total. The van der Waals surface area contributed by atoms with Crippen LogP contribution >= 0.6 is 0 Å². The molecule has 0 spiro atoms. The van der Waals surface area contributed by atoms with E-state index in [0.29, 0.717) is 0 Å². The molecule has 1 aromatic carbocycles. The van der Waals surface area contributed by atoms with E-state index >= 15 is 0 Å². The second-order valence-electron chi connectivity index (χ2n) is 7.45. The number of aromatic nitrogens is 4. The molecule has 4 heterocycles. The topological polar surface area (TPSA) is 33.5 Å². The zero-order valence-electron chi connectivity index (χ0n) is 17.3. The number of para-hydroxylation sites is 1. The van der Waals surface area contributed by atoms with Gasteiger partial charge in [0.15, 0.2) is 24.8 Å². The number of nitrogens with zero attached hydrogens (tertiary/aromatic N) is 4. The van der Waals surface area contributed by atoms with Crippen LogP contribution in [0.25, 0.3) is 39.3 Å². The number of aryl methyl sites for hydroxylation is 1. The van der Waals surface area contributed by atoms with Crippen molar-refractivity contribution in [1.29, 1.82) is 0 Å². The van der Waals surface area contributed by atoms with Gasteiger partial charge in [0.1, 0.15) is 7.05 Å². The van der Waals surface area contributed by atoms with E-state index in [1.807, 2.05) is 54.6 Å². The van der Waals surface area contributed by atoms with Crippen LogP contribution in [0.3, 0.4) is 0 Å². The molecule has 31 heavy (non-hydrogen) atoms. The normalized spacial score (nSPS) is 10.7. The van der Waals surface area contributed by atoms with Crippen LogP contribution in [0.1, 0.15) is 0 Å². The van der Waals surface area contributed by atoms with Gasteiger partial charge in [-0.15, -0.1) is 0 Å². The van der Waals surface area contributed by atoms with Gasteiger partial charge in [-0.25, -0.2) is 4.57 Å². The molecule has 0 saturated carbocycles. The van der Waals surface area contributed by atoms with Crippen LogP contribution in [-0.2, 0) is 7.05 Å². The number of hydrogen-bond acceptors (Lipinski definition) is 2. The molecule has 0 radical (unpaired) electrons. The molecule has 148 valence electrons. The first-order valence-electron chi connectivity index (χ1n) is 10.2. The molecule has 0 unspecified atom stereocenters. The Morgan fingerprint density at radius 3 is 1.52 bits per heavy atom. The highest BCUT2D eigenvalue weighted by molar-refractivity contribution is 5.68. The minimum Gasteiger partial charge on any atom is -0.256 e. The van der Waals surface area contributed by atoms with Gasteiger partial charge < -0.3 is 0 Å². The minimum absolute atomic E-state index is 0.950. The van der Waals surface area contributed by atoms with E-state index in [2.05, 4.69) is 87.6 Å². The highest BCUT2D eigenvalue weighted by Gasteiger charge is 2.08. The van der Waals surface area contributed by atoms with E-state index in [0.717, 1.165) is 39.3 Å². The van der Waals surface area contributed by atoms with Crippen LogP contribution in [0.4, 0.5) is 0 Å². The summed E-state index contributed by atoms with van der Waals surface area (Å²) in [4.78, 5) is 9.31. The smallest absolute Gasteiger partial charge is 0.210 e. The summed E-state index contributed by atoms with van der Waals surface area (Å²) >= 11 is 0. The molecule has 0 amide bonds. The van der Waals surface area contributed by atoms with E-state index in [1.165, 1.54) is 0 Å². The molecule has 0 fully saturated rings. The molecule has 0 atom stereocenters. The van der Waals surface area contributed by atoms with Gasteiger partial charge in [-0.3, -0.25) is 9.97 Å². The lowest BCUT2D eigenvalue weighted by Crippen LogP contribution is -2.28. The average molecular weight is 403 g/mol. The van der Waals surface area contributed by atoms with Crippen LogP contribution in [0.15, 0.2) is 116 Å². The van der Waals surface area contributed by atoms with Gasteiger partial charge in [0.25, 0.3) is 0 Å². The number of hydrogen-bond donors (Lipinski definition) is 0. The summed E-state index contributed by atoms with van der Waals surface area (Å²) in [6.45, 7) is 0.